The lowest BCUT2D eigenvalue weighted by molar-refractivity contribution is -0.130. The molecule has 106 valence electrons. The van der Waals surface area contributed by atoms with Crippen LogP contribution in [-0.4, -0.2) is 40.3 Å². The van der Waals surface area contributed by atoms with E-state index in [0.717, 1.165) is 0 Å². The van der Waals surface area contributed by atoms with Gasteiger partial charge in [-0.25, -0.2) is 4.98 Å². The lowest BCUT2D eigenvalue weighted by Gasteiger charge is -2.17. The zero-order valence-electron chi connectivity index (χ0n) is 11.8. The third kappa shape index (κ3) is 3.03. The van der Waals surface area contributed by atoms with Gasteiger partial charge in [-0.05, 0) is 19.1 Å². The largest absolute Gasteiger partial charge is 0.347 e. The Hall–Kier alpha value is -2.21. The smallest absolute Gasteiger partial charge is 0.258 e. The van der Waals surface area contributed by atoms with E-state index in [1.807, 2.05) is 6.07 Å². The van der Waals surface area contributed by atoms with Crippen LogP contribution in [0.1, 0.15) is 12.6 Å². The summed E-state index contributed by atoms with van der Waals surface area (Å²) in [5.41, 5.74) is 1.10. The van der Waals surface area contributed by atoms with Crippen molar-refractivity contribution in [3.63, 3.8) is 0 Å². The van der Waals surface area contributed by atoms with Crippen LogP contribution in [0.3, 0.4) is 0 Å². The molecule has 0 saturated heterocycles. The predicted molar refractivity (Wildman–Crippen MR) is 76.5 cm³/mol. The fourth-order valence-electron chi connectivity index (χ4n) is 1.93. The van der Waals surface area contributed by atoms with Crippen molar-refractivity contribution in [3.8, 4) is 0 Å². The molecule has 2 aromatic rings. The van der Waals surface area contributed by atoms with Crippen molar-refractivity contribution in [2.75, 3.05) is 14.1 Å². The Morgan fingerprint density at radius 3 is 2.90 bits per heavy atom. The summed E-state index contributed by atoms with van der Waals surface area (Å²) in [6.07, 6.45) is 1.68. The van der Waals surface area contributed by atoms with Crippen LogP contribution < -0.4 is 10.9 Å². The molecule has 6 nitrogen and oxygen atoms in total. The van der Waals surface area contributed by atoms with Gasteiger partial charge in [0.15, 0.2) is 0 Å². The van der Waals surface area contributed by atoms with Crippen LogP contribution in [0.5, 0.6) is 0 Å². The molecule has 1 atom stereocenters. The van der Waals surface area contributed by atoms with E-state index < -0.39 is 0 Å². The molecule has 0 aromatic carbocycles. The molecule has 2 rings (SSSR count). The second kappa shape index (κ2) is 5.83. The highest BCUT2D eigenvalue weighted by molar-refractivity contribution is 5.80. The van der Waals surface area contributed by atoms with Gasteiger partial charge in [-0.15, -0.1) is 0 Å². The van der Waals surface area contributed by atoms with Crippen LogP contribution >= 0.6 is 0 Å². The predicted octanol–water partition coefficient (Wildman–Crippen LogP) is 0.261. The summed E-state index contributed by atoms with van der Waals surface area (Å²) in [6.45, 7) is 2.16. The molecule has 0 fully saturated rings. The molecule has 1 unspecified atom stereocenters. The van der Waals surface area contributed by atoms with Crippen LogP contribution in [0.25, 0.3) is 5.65 Å². The summed E-state index contributed by atoms with van der Waals surface area (Å²) in [7, 11) is 3.42. The first kappa shape index (κ1) is 14.2. The Balaban J connectivity index is 2.15. The minimum absolute atomic E-state index is 0.0116. The quantitative estimate of drug-likeness (QED) is 0.868. The van der Waals surface area contributed by atoms with Crippen LogP contribution in [0.4, 0.5) is 0 Å². The summed E-state index contributed by atoms with van der Waals surface area (Å²) >= 11 is 0. The topological polar surface area (TPSA) is 66.7 Å². The Kier molecular flexibility index (Phi) is 4.14. The maximum Gasteiger partial charge on any atom is 0.258 e. The zero-order valence-corrected chi connectivity index (χ0v) is 11.8. The van der Waals surface area contributed by atoms with Gasteiger partial charge in [0.25, 0.3) is 5.56 Å². The van der Waals surface area contributed by atoms with Crippen LogP contribution in [0.15, 0.2) is 35.3 Å². The highest BCUT2D eigenvalue weighted by Gasteiger charge is 2.14. The van der Waals surface area contributed by atoms with Gasteiger partial charge >= 0.3 is 0 Å². The number of carbonyl (C=O) groups is 1. The van der Waals surface area contributed by atoms with Gasteiger partial charge in [0, 0.05) is 32.9 Å². The van der Waals surface area contributed by atoms with Gasteiger partial charge in [-0.1, -0.05) is 6.07 Å². The number of amides is 1. The first-order chi connectivity index (χ1) is 9.49. The number of nitrogens with one attached hydrogen (secondary N) is 1. The molecule has 0 saturated carbocycles. The minimum Gasteiger partial charge on any atom is -0.347 e. The van der Waals surface area contributed by atoms with Crippen molar-refractivity contribution in [3.05, 3.63) is 46.5 Å². The molecular weight excluding hydrogens is 256 g/mol. The maximum absolute atomic E-state index is 11.9. The third-order valence-electron chi connectivity index (χ3n) is 3.02. The number of hydrogen-bond donors (Lipinski definition) is 1. The van der Waals surface area contributed by atoms with Crippen molar-refractivity contribution >= 4 is 11.6 Å². The lowest BCUT2D eigenvalue weighted by Crippen LogP contribution is -2.41. The fourth-order valence-corrected chi connectivity index (χ4v) is 1.93. The van der Waals surface area contributed by atoms with Crippen molar-refractivity contribution < 1.29 is 4.79 Å². The monoisotopic (exact) mass is 274 g/mol. The minimum atomic E-state index is -0.318. The van der Waals surface area contributed by atoms with Gasteiger partial charge in [-0.3, -0.25) is 14.0 Å². The van der Waals surface area contributed by atoms with Gasteiger partial charge < -0.3 is 10.2 Å². The fraction of sp³-hybridized carbons (Fsp3) is 0.357. The van der Waals surface area contributed by atoms with Gasteiger partial charge in [0.1, 0.15) is 5.65 Å². The number of pyridine rings is 1. The zero-order chi connectivity index (χ0) is 14.7. The lowest BCUT2D eigenvalue weighted by atomic mass is 10.3. The maximum atomic E-state index is 11.9. The molecule has 1 amide bonds. The Morgan fingerprint density at radius 1 is 1.45 bits per heavy atom. The molecule has 0 bridgehead atoms. The van der Waals surface area contributed by atoms with E-state index in [9.17, 15) is 9.59 Å². The molecule has 1 N–H and O–H groups in total. The highest BCUT2D eigenvalue weighted by Crippen LogP contribution is 1.99. The third-order valence-corrected chi connectivity index (χ3v) is 3.02. The summed E-state index contributed by atoms with van der Waals surface area (Å²) in [5.74, 6) is -0.0116. The summed E-state index contributed by atoms with van der Waals surface area (Å²) in [5, 5.41) is 3.07. The summed E-state index contributed by atoms with van der Waals surface area (Å²) in [6, 6.07) is 6.55. The molecular formula is C14H18N4O2. The molecule has 0 aliphatic rings. The van der Waals surface area contributed by atoms with Crippen molar-refractivity contribution in [1.82, 2.24) is 19.6 Å². The average molecular weight is 274 g/mol. The number of nitrogens with zero attached hydrogens (tertiary/aromatic N) is 3. The number of fused-ring (bicyclic) bond motifs is 1. The van der Waals surface area contributed by atoms with Crippen LogP contribution in [0, 0.1) is 0 Å². The van der Waals surface area contributed by atoms with Crippen LogP contribution in [0.2, 0.25) is 0 Å². The van der Waals surface area contributed by atoms with Crippen molar-refractivity contribution in [1.29, 1.82) is 0 Å². The van der Waals surface area contributed by atoms with Crippen molar-refractivity contribution in [2.24, 2.45) is 0 Å². The average Bonchev–Trinajstić information content (AvgIpc) is 2.44. The number of aromatic nitrogens is 2. The van der Waals surface area contributed by atoms with Gasteiger partial charge in [0.05, 0.1) is 11.7 Å². The van der Waals surface area contributed by atoms with Crippen molar-refractivity contribution in [2.45, 2.75) is 19.5 Å². The second-order valence-electron chi connectivity index (χ2n) is 4.85. The van der Waals surface area contributed by atoms with E-state index in [0.29, 0.717) is 17.9 Å². The molecule has 0 spiro atoms. The summed E-state index contributed by atoms with van der Waals surface area (Å²) < 4.78 is 1.48. The Bertz CT molecular complexity index is 678. The standard InChI is InChI=1S/C14H18N4O2/c1-10(14(20)17(2)3)15-9-11-8-13(19)18-7-5-4-6-12(18)16-11/h4-8,10,15H,9H2,1-3H3. The SMILES string of the molecule is CC(NCc1cc(=O)n2ccccc2n1)C(=O)N(C)C. The van der Waals surface area contributed by atoms with E-state index >= 15 is 0 Å². The Labute approximate surface area is 117 Å². The molecule has 20 heavy (non-hydrogen) atoms. The van der Waals surface area contributed by atoms with E-state index in [1.54, 1.807) is 39.3 Å². The van der Waals surface area contributed by atoms with E-state index in [2.05, 4.69) is 10.3 Å². The van der Waals surface area contributed by atoms with Crippen LogP contribution in [-0.2, 0) is 11.3 Å². The van der Waals surface area contributed by atoms with E-state index in [4.69, 9.17) is 0 Å². The highest BCUT2D eigenvalue weighted by atomic mass is 16.2. The molecule has 0 aliphatic carbocycles. The van der Waals surface area contributed by atoms with Gasteiger partial charge in [-0.2, -0.15) is 0 Å². The van der Waals surface area contributed by atoms with Gasteiger partial charge in [0.2, 0.25) is 5.91 Å². The second-order valence-corrected chi connectivity index (χ2v) is 4.85. The molecule has 0 radical (unpaired) electrons. The number of likely N-dealkylation sites (N-methyl/N-ethyl adjacent to an activating group) is 1. The first-order valence-electron chi connectivity index (χ1n) is 6.41. The first-order valence-corrected chi connectivity index (χ1v) is 6.41. The number of hydrogen-bond acceptors (Lipinski definition) is 4. The molecule has 0 aliphatic heterocycles. The Morgan fingerprint density at radius 2 is 2.20 bits per heavy atom. The normalized spacial score (nSPS) is 12.3. The number of carbonyl (C=O) groups excluding carboxylic acids is 1. The molecule has 6 heteroatoms. The molecule has 2 aromatic heterocycles. The molecule has 2 heterocycles. The van der Waals surface area contributed by atoms with E-state index in [1.165, 1.54) is 15.4 Å². The number of rotatable bonds is 4. The van der Waals surface area contributed by atoms with E-state index in [-0.39, 0.29) is 17.5 Å². The summed E-state index contributed by atoms with van der Waals surface area (Å²) in [4.78, 5) is 29.5.